The third-order valence-corrected chi connectivity index (χ3v) is 2.08. The molecule has 0 aromatic rings. The number of nitrogens with zero attached hydrogens (tertiary/aromatic N) is 1. The Morgan fingerprint density at radius 2 is 1.33 bits per heavy atom. The van der Waals surface area contributed by atoms with Crippen LogP contribution in [0.2, 0.25) is 0 Å². The maximum absolute atomic E-state index is 5.10. The number of morpholine rings is 2. The van der Waals surface area contributed by atoms with E-state index >= 15 is 0 Å². The second kappa shape index (κ2) is 11.9. The van der Waals surface area contributed by atoms with Crippen molar-refractivity contribution in [3.05, 3.63) is 0 Å². The van der Waals surface area contributed by atoms with Gasteiger partial charge in [-0.2, -0.15) is 0 Å². The number of hydrogen-bond donors (Lipinski definition) is 1. The molecule has 2 heterocycles. The maximum Gasteiger partial charge on any atom is 0.0594 e. The third-order valence-electron chi connectivity index (χ3n) is 2.08. The van der Waals surface area contributed by atoms with Gasteiger partial charge in [0.2, 0.25) is 0 Å². The first-order valence-electron chi connectivity index (χ1n) is 5.94. The molecule has 2 saturated heterocycles. The van der Waals surface area contributed by atoms with Gasteiger partial charge < -0.3 is 19.7 Å². The summed E-state index contributed by atoms with van der Waals surface area (Å²) in [6, 6.07) is 0. The van der Waals surface area contributed by atoms with Crippen molar-refractivity contribution in [3.8, 4) is 0 Å². The molecule has 0 radical (unpaired) electrons. The lowest BCUT2D eigenvalue weighted by Crippen LogP contribution is -2.32. The molecule has 0 aromatic heterocycles. The largest absolute Gasteiger partial charge is 0.379 e. The van der Waals surface area contributed by atoms with Gasteiger partial charge in [0.25, 0.3) is 0 Å². The summed E-state index contributed by atoms with van der Waals surface area (Å²) in [6.45, 7) is 11.9. The summed E-state index contributed by atoms with van der Waals surface area (Å²) < 4.78 is 10.1. The molecule has 2 aliphatic heterocycles. The highest BCUT2D eigenvalue weighted by Crippen LogP contribution is 1.89. The molecule has 0 amide bonds. The van der Waals surface area contributed by atoms with Crippen LogP contribution in [0.1, 0.15) is 13.8 Å². The van der Waals surface area contributed by atoms with Crippen molar-refractivity contribution in [2.45, 2.75) is 13.8 Å². The first kappa shape index (κ1) is 14.8. The lowest BCUT2D eigenvalue weighted by atomic mass is 10.5. The summed E-state index contributed by atoms with van der Waals surface area (Å²) in [6.07, 6.45) is 0. The zero-order valence-corrected chi connectivity index (χ0v) is 10.4. The van der Waals surface area contributed by atoms with Crippen LogP contribution in [0.15, 0.2) is 0 Å². The molecule has 4 heteroatoms. The minimum Gasteiger partial charge on any atom is -0.379 e. The van der Waals surface area contributed by atoms with Crippen molar-refractivity contribution in [2.75, 3.05) is 59.7 Å². The fourth-order valence-corrected chi connectivity index (χ4v) is 1.17. The van der Waals surface area contributed by atoms with Crippen molar-refractivity contribution in [1.82, 2.24) is 10.2 Å². The summed E-state index contributed by atoms with van der Waals surface area (Å²) in [5.74, 6) is 0. The summed E-state index contributed by atoms with van der Waals surface area (Å²) in [5.41, 5.74) is 0. The lowest BCUT2D eigenvalue weighted by molar-refractivity contribution is 0.0503. The van der Waals surface area contributed by atoms with Crippen LogP contribution < -0.4 is 5.32 Å². The van der Waals surface area contributed by atoms with E-state index in [1.165, 1.54) is 0 Å². The Morgan fingerprint density at radius 1 is 0.867 bits per heavy atom. The van der Waals surface area contributed by atoms with Crippen LogP contribution in [-0.2, 0) is 9.47 Å². The predicted octanol–water partition coefficient (Wildman–Crippen LogP) is 0.581. The predicted molar refractivity (Wildman–Crippen MR) is 63.4 cm³/mol. The third kappa shape index (κ3) is 10.1. The zero-order valence-electron chi connectivity index (χ0n) is 10.4. The monoisotopic (exact) mass is 218 g/mol. The quantitative estimate of drug-likeness (QED) is 0.645. The molecule has 0 bridgehead atoms. The van der Waals surface area contributed by atoms with Crippen LogP contribution in [0.4, 0.5) is 0 Å². The second-order valence-electron chi connectivity index (χ2n) is 3.28. The average molecular weight is 218 g/mol. The van der Waals surface area contributed by atoms with E-state index in [1.54, 1.807) is 0 Å². The van der Waals surface area contributed by atoms with Crippen LogP contribution in [-0.4, -0.2) is 64.6 Å². The molecule has 15 heavy (non-hydrogen) atoms. The Balaban J connectivity index is 0.000000227. The minimum absolute atomic E-state index is 0.889. The van der Waals surface area contributed by atoms with Crippen LogP contribution in [0, 0.1) is 0 Å². The normalized spacial score (nSPS) is 21.8. The van der Waals surface area contributed by atoms with E-state index in [4.69, 9.17) is 9.47 Å². The van der Waals surface area contributed by atoms with Crippen molar-refractivity contribution in [3.63, 3.8) is 0 Å². The van der Waals surface area contributed by atoms with Crippen molar-refractivity contribution >= 4 is 0 Å². The molecular formula is C11H26N2O2. The van der Waals surface area contributed by atoms with Crippen molar-refractivity contribution < 1.29 is 9.47 Å². The van der Waals surface area contributed by atoms with Crippen molar-refractivity contribution in [1.29, 1.82) is 0 Å². The summed E-state index contributed by atoms with van der Waals surface area (Å²) in [4.78, 5) is 2.27. The molecular weight excluding hydrogens is 192 g/mol. The molecule has 2 rings (SSSR count). The fraction of sp³-hybridized carbons (Fsp3) is 1.00. The summed E-state index contributed by atoms with van der Waals surface area (Å²) in [7, 11) is 2.11. The van der Waals surface area contributed by atoms with E-state index in [2.05, 4.69) is 17.3 Å². The highest BCUT2D eigenvalue weighted by atomic mass is 16.5. The molecule has 0 aromatic carbocycles. The first-order valence-corrected chi connectivity index (χ1v) is 5.94. The Bertz CT molecular complexity index is 102. The molecule has 0 atom stereocenters. The van der Waals surface area contributed by atoms with Crippen molar-refractivity contribution in [2.24, 2.45) is 0 Å². The van der Waals surface area contributed by atoms with Gasteiger partial charge in [0.05, 0.1) is 26.4 Å². The molecule has 1 N–H and O–H groups in total. The fourth-order valence-electron chi connectivity index (χ4n) is 1.17. The van der Waals surface area contributed by atoms with Gasteiger partial charge in [-0.05, 0) is 7.05 Å². The second-order valence-corrected chi connectivity index (χ2v) is 3.28. The van der Waals surface area contributed by atoms with E-state index in [-0.39, 0.29) is 0 Å². The molecule has 2 fully saturated rings. The topological polar surface area (TPSA) is 33.7 Å². The molecule has 0 saturated carbocycles. The molecule has 4 nitrogen and oxygen atoms in total. The van der Waals surface area contributed by atoms with Gasteiger partial charge in [0.1, 0.15) is 0 Å². The van der Waals surface area contributed by atoms with Gasteiger partial charge in [-0.3, -0.25) is 0 Å². The SMILES string of the molecule is C1COCCN1.CC.CN1CCOCC1. The highest BCUT2D eigenvalue weighted by molar-refractivity contribution is 4.53. The first-order chi connectivity index (χ1) is 7.39. The van der Waals surface area contributed by atoms with Crippen LogP contribution in [0.3, 0.4) is 0 Å². The number of nitrogens with one attached hydrogen (secondary N) is 1. The smallest absolute Gasteiger partial charge is 0.0594 e. The molecule has 0 spiro atoms. The number of rotatable bonds is 0. The number of hydrogen-bond acceptors (Lipinski definition) is 4. The van der Waals surface area contributed by atoms with E-state index in [0.29, 0.717) is 0 Å². The molecule has 0 aliphatic carbocycles. The van der Waals surface area contributed by atoms with Crippen LogP contribution in [0.25, 0.3) is 0 Å². The van der Waals surface area contributed by atoms with Gasteiger partial charge in [0.15, 0.2) is 0 Å². The van der Waals surface area contributed by atoms with Gasteiger partial charge in [-0.15, -0.1) is 0 Å². The summed E-state index contributed by atoms with van der Waals surface area (Å²) in [5, 5.41) is 3.16. The molecule has 0 unspecified atom stereocenters. The maximum atomic E-state index is 5.10. The van der Waals surface area contributed by atoms with Crippen LogP contribution >= 0.6 is 0 Å². The van der Waals surface area contributed by atoms with Gasteiger partial charge in [-0.25, -0.2) is 0 Å². The minimum atomic E-state index is 0.889. The van der Waals surface area contributed by atoms with Gasteiger partial charge in [-0.1, -0.05) is 13.8 Å². The zero-order chi connectivity index (χ0) is 11.4. The van der Waals surface area contributed by atoms with Gasteiger partial charge in [0, 0.05) is 26.2 Å². The summed E-state index contributed by atoms with van der Waals surface area (Å²) >= 11 is 0. The Morgan fingerprint density at radius 3 is 1.53 bits per heavy atom. The lowest BCUT2D eigenvalue weighted by Gasteiger charge is -2.21. The van der Waals surface area contributed by atoms with Crippen LogP contribution in [0.5, 0.6) is 0 Å². The Kier molecular flexibility index (Phi) is 11.8. The van der Waals surface area contributed by atoms with E-state index in [0.717, 1.165) is 52.6 Å². The highest BCUT2D eigenvalue weighted by Gasteiger charge is 2.02. The van der Waals surface area contributed by atoms with E-state index < -0.39 is 0 Å². The van der Waals surface area contributed by atoms with Gasteiger partial charge >= 0.3 is 0 Å². The average Bonchev–Trinajstić information content (AvgIpc) is 2.36. The Labute approximate surface area is 93.9 Å². The van der Waals surface area contributed by atoms with E-state index in [1.807, 2.05) is 13.8 Å². The molecule has 92 valence electrons. The Hall–Kier alpha value is -0.160. The van der Waals surface area contributed by atoms with E-state index in [9.17, 15) is 0 Å². The number of likely N-dealkylation sites (N-methyl/N-ethyl adjacent to an activating group) is 1. The number of ether oxygens (including phenoxy) is 2. The molecule has 2 aliphatic rings. The standard InChI is InChI=1S/C5H11NO.C4H9NO.C2H6/c1-6-2-4-7-5-3-6;1-3-6-4-2-5-1;1-2/h2-5H2,1H3;5H,1-4H2;1-2H3.